The minimum atomic E-state index is -4.48. The lowest BCUT2D eigenvalue weighted by Gasteiger charge is -2.23. The first-order chi connectivity index (χ1) is 10.5. The molecule has 1 aromatic carbocycles. The van der Waals surface area contributed by atoms with E-state index >= 15 is 0 Å². The van der Waals surface area contributed by atoms with Gasteiger partial charge >= 0.3 is 6.18 Å². The van der Waals surface area contributed by atoms with Crippen molar-refractivity contribution in [2.75, 3.05) is 6.54 Å². The van der Waals surface area contributed by atoms with Crippen molar-refractivity contribution < 1.29 is 18.3 Å². The van der Waals surface area contributed by atoms with Gasteiger partial charge < -0.3 is 10.4 Å². The van der Waals surface area contributed by atoms with Gasteiger partial charge in [-0.25, -0.2) is 4.98 Å². The summed E-state index contributed by atoms with van der Waals surface area (Å²) in [6.45, 7) is 7.77. The van der Waals surface area contributed by atoms with Crippen LogP contribution in [0.4, 0.5) is 13.2 Å². The molecule has 3 nitrogen and oxygen atoms in total. The van der Waals surface area contributed by atoms with E-state index in [9.17, 15) is 18.3 Å². The molecule has 0 aliphatic carbocycles. The van der Waals surface area contributed by atoms with Gasteiger partial charge in [0.1, 0.15) is 6.10 Å². The van der Waals surface area contributed by atoms with E-state index in [2.05, 4.69) is 10.3 Å². The average molecular weight is 326 g/mol. The normalized spacial score (nSPS) is 14.3. The molecule has 1 atom stereocenters. The van der Waals surface area contributed by atoms with E-state index in [0.29, 0.717) is 10.9 Å². The molecule has 2 rings (SSSR count). The lowest BCUT2D eigenvalue weighted by atomic mass is 10.0. The fourth-order valence-corrected chi connectivity index (χ4v) is 2.35. The summed E-state index contributed by atoms with van der Waals surface area (Å²) in [4.78, 5) is 4.09. The summed E-state index contributed by atoms with van der Waals surface area (Å²) in [5.74, 6) is 0. The lowest BCUT2D eigenvalue weighted by Crippen LogP contribution is -2.38. The summed E-state index contributed by atoms with van der Waals surface area (Å²) in [7, 11) is 0. The molecule has 23 heavy (non-hydrogen) atoms. The molecule has 0 spiro atoms. The topological polar surface area (TPSA) is 45.1 Å². The van der Waals surface area contributed by atoms with Crippen LogP contribution in [0.1, 0.15) is 43.7 Å². The number of aryl methyl sites for hydroxylation is 1. The molecule has 0 bridgehead atoms. The first-order valence-corrected chi connectivity index (χ1v) is 7.39. The van der Waals surface area contributed by atoms with Crippen LogP contribution >= 0.6 is 0 Å². The van der Waals surface area contributed by atoms with Crippen LogP contribution in [-0.4, -0.2) is 22.2 Å². The number of nitrogens with zero attached hydrogens (tertiary/aromatic N) is 1. The van der Waals surface area contributed by atoms with Crippen LogP contribution in [0.15, 0.2) is 24.3 Å². The maximum absolute atomic E-state index is 13.2. The number of hydrogen-bond acceptors (Lipinski definition) is 3. The zero-order chi connectivity index (χ0) is 17.4. The van der Waals surface area contributed by atoms with E-state index in [1.165, 1.54) is 6.07 Å². The summed E-state index contributed by atoms with van der Waals surface area (Å²) in [5, 5.41) is 13.8. The second-order valence-electron chi connectivity index (χ2n) is 6.71. The molecule has 0 radical (unpaired) electrons. The highest BCUT2D eigenvalue weighted by molar-refractivity contribution is 5.85. The van der Waals surface area contributed by atoms with Gasteiger partial charge in [0, 0.05) is 17.5 Å². The van der Waals surface area contributed by atoms with Crippen LogP contribution in [0, 0.1) is 6.92 Å². The van der Waals surface area contributed by atoms with Crippen molar-refractivity contribution >= 4 is 10.9 Å². The molecule has 0 amide bonds. The van der Waals surface area contributed by atoms with Gasteiger partial charge in [-0.15, -0.1) is 0 Å². The summed E-state index contributed by atoms with van der Waals surface area (Å²) in [6, 6.07) is 5.63. The predicted molar refractivity (Wildman–Crippen MR) is 84.2 cm³/mol. The zero-order valence-electron chi connectivity index (χ0n) is 13.6. The molecule has 126 valence electrons. The zero-order valence-corrected chi connectivity index (χ0v) is 13.6. The summed E-state index contributed by atoms with van der Waals surface area (Å²) in [6.07, 6.45) is -5.45. The van der Waals surface area contributed by atoms with Gasteiger partial charge in [-0.3, -0.25) is 0 Å². The molecule has 0 aliphatic heterocycles. The molecule has 0 saturated heterocycles. The lowest BCUT2D eigenvalue weighted by molar-refractivity contribution is -0.136. The second kappa shape index (κ2) is 6.09. The second-order valence-corrected chi connectivity index (χ2v) is 6.71. The van der Waals surface area contributed by atoms with E-state index < -0.39 is 17.8 Å². The van der Waals surface area contributed by atoms with Crippen LogP contribution in [0.25, 0.3) is 10.9 Å². The number of pyridine rings is 1. The molecule has 6 heteroatoms. The monoisotopic (exact) mass is 326 g/mol. The fraction of sp³-hybridized carbons (Fsp3) is 0.471. The van der Waals surface area contributed by atoms with Crippen molar-refractivity contribution in [3.63, 3.8) is 0 Å². The number of aromatic nitrogens is 1. The van der Waals surface area contributed by atoms with Crippen LogP contribution in [0.5, 0.6) is 0 Å². The number of fused-ring (bicyclic) bond motifs is 1. The standard InChI is InChI=1S/C17H21F3N2O/c1-10-8-13(14(23)9-21-16(2,3)4)22-15-11(10)6-5-7-12(15)17(18,19)20/h5-8,14,21,23H,9H2,1-4H3/t14-/m0/s1. The predicted octanol–water partition coefficient (Wildman–Crippen LogP) is 3.98. The van der Waals surface area contributed by atoms with Gasteiger partial charge in [0.05, 0.1) is 16.8 Å². The van der Waals surface area contributed by atoms with E-state index in [4.69, 9.17) is 0 Å². The Morgan fingerprint density at radius 1 is 1.22 bits per heavy atom. The van der Waals surface area contributed by atoms with Gasteiger partial charge in [-0.05, 0) is 45.4 Å². The number of para-hydroxylation sites is 1. The van der Waals surface area contributed by atoms with Crippen molar-refractivity contribution in [1.29, 1.82) is 0 Å². The Hall–Kier alpha value is -1.66. The Labute approximate surface area is 133 Å². The first kappa shape index (κ1) is 17.7. The number of β-amino-alcohol motifs (C(OH)–C–C–N with tert-alkyl or cyclic N) is 1. The van der Waals surface area contributed by atoms with Crippen LogP contribution in [0.2, 0.25) is 0 Å². The van der Waals surface area contributed by atoms with Crippen LogP contribution < -0.4 is 5.32 Å². The van der Waals surface area contributed by atoms with Crippen molar-refractivity contribution in [3.05, 3.63) is 41.1 Å². The van der Waals surface area contributed by atoms with Crippen molar-refractivity contribution in [2.24, 2.45) is 0 Å². The molecule has 0 aliphatic rings. The Morgan fingerprint density at radius 3 is 2.43 bits per heavy atom. The van der Waals surface area contributed by atoms with Gasteiger partial charge in [0.25, 0.3) is 0 Å². The van der Waals surface area contributed by atoms with Gasteiger partial charge in [0.2, 0.25) is 0 Å². The number of aliphatic hydroxyl groups is 1. The van der Waals surface area contributed by atoms with Gasteiger partial charge in [-0.1, -0.05) is 12.1 Å². The minimum absolute atomic E-state index is 0.121. The van der Waals surface area contributed by atoms with Crippen molar-refractivity contribution in [2.45, 2.75) is 45.5 Å². The highest BCUT2D eigenvalue weighted by atomic mass is 19.4. The quantitative estimate of drug-likeness (QED) is 0.897. The third-order valence-electron chi connectivity index (χ3n) is 3.54. The molecular formula is C17H21F3N2O. The smallest absolute Gasteiger partial charge is 0.385 e. The number of halogens is 3. The van der Waals surface area contributed by atoms with E-state index in [-0.39, 0.29) is 23.3 Å². The van der Waals surface area contributed by atoms with Crippen molar-refractivity contribution in [3.8, 4) is 0 Å². The van der Waals surface area contributed by atoms with E-state index in [0.717, 1.165) is 6.07 Å². The molecule has 2 aromatic rings. The Morgan fingerprint density at radius 2 is 1.87 bits per heavy atom. The van der Waals surface area contributed by atoms with Crippen LogP contribution in [-0.2, 0) is 6.18 Å². The van der Waals surface area contributed by atoms with Gasteiger partial charge in [-0.2, -0.15) is 13.2 Å². The molecule has 0 fully saturated rings. The van der Waals surface area contributed by atoms with E-state index in [1.807, 2.05) is 20.8 Å². The summed E-state index contributed by atoms with van der Waals surface area (Å²) in [5.41, 5.74) is -0.209. The molecule has 1 heterocycles. The SMILES string of the molecule is Cc1cc([C@@H](O)CNC(C)(C)C)nc2c(C(F)(F)F)cccc12. The van der Waals surface area contributed by atoms with E-state index in [1.54, 1.807) is 19.1 Å². The highest BCUT2D eigenvalue weighted by Crippen LogP contribution is 2.35. The maximum atomic E-state index is 13.2. The maximum Gasteiger partial charge on any atom is 0.418 e. The number of nitrogens with one attached hydrogen (secondary N) is 1. The fourth-order valence-electron chi connectivity index (χ4n) is 2.35. The average Bonchev–Trinajstić information content (AvgIpc) is 2.42. The van der Waals surface area contributed by atoms with Crippen molar-refractivity contribution in [1.82, 2.24) is 10.3 Å². The molecular weight excluding hydrogens is 305 g/mol. The highest BCUT2D eigenvalue weighted by Gasteiger charge is 2.33. The van der Waals surface area contributed by atoms with Gasteiger partial charge in [0.15, 0.2) is 0 Å². The molecule has 1 aromatic heterocycles. The number of aliphatic hydroxyl groups excluding tert-OH is 1. The number of rotatable bonds is 3. The molecule has 2 N–H and O–H groups in total. The third kappa shape index (κ3) is 4.20. The number of alkyl halides is 3. The first-order valence-electron chi connectivity index (χ1n) is 7.39. The Kier molecular flexibility index (Phi) is 4.69. The molecule has 0 unspecified atom stereocenters. The summed E-state index contributed by atoms with van der Waals surface area (Å²) < 4.78 is 39.5. The number of benzene rings is 1. The van der Waals surface area contributed by atoms with Crippen LogP contribution in [0.3, 0.4) is 0 Å². The Balaban J connectivity index is 2.47. The molecule has 0 saturated carbocycles. The largest absolute Gasteiger partial charge is 0.418 e. The number of hydrogen-bond donors (Lipinski definition) is 2. The summed E-state index contributed by atoms with van der Waals surface area (Å²) >= 11 is 0. The minimum Gasteiger partial charge on any atom is -0.385 e. The Bertz CT molecular complexity index is 705. The third-order valence-corrected chi connectivity index (χ3v) is 3.54.